The van der Waals surface area contributed by atoms with E-state index in [1.165, 1.54) is 18.2 Å². The number of aromatic amines is 1. The van der Waals surface area contributed by atoms with Gasteiger partial charge in [-0.1, -0.05) is 23.8 Å². The van der Waals surface area contributed by atoms with E-state index in [0.717, 1.165) is 5.56 Å². The fourth-order valence-corrected chi connectivity index (χ4v) is 3.08. The van der Waals surface area contributed by atoms with Gasteiger partial charge in [-0.05, 0) is 43.7 Å². The van der Waals surface area contributed by atoms with Gasteiger partial charge in [-0.15, -0.1) is 0 Å². The molecule has 0 unspecified atom stereocenters. The molecule has 3 N–H and O–H groups in total. The summed E-state index contributed by atoms with van der Waals surface area (Å²) in [6.45, 7) is 3.89. The number of benzene rings is 2. The summed E-state index contributed by atoms with van der Waals surface area (Å²) in [6.07, 6.45) is 0. The lowest BCUT2D eigenvalue weighted by Crippen LogP contribution is -2.16. The van der Waals surface area contributed by atoms with Gasteiger partial charge in [-0.25, -0.2) is 4.79 Å². The molecule has 1 heterocycles. The van der Waals surface area contributed by atoms with Crippen LogP contribution >= 0.6 is 0 Å². The van der Waals surface area contributed by atoms with Crippen LogP contribution in [-0.2, 0) is 0 Å². The van der Waals surface area contributed by atoms with Crippen molar-refractivity contribution in [1.82, 2.24) is 4.98 Å². The second kappa shape index (κ2) is 8.85. The molecule has 3 rings (SSSR count). The van der Waals surface area contributed by atoms with E-state index in [1.54, 1.807) is 25.1 Å². The zero-order valence-electron chi connectivity index (χ0n) is 16.9. The Kier molecular flexibility index (Phi) is 6.04. The number of nitrogen functional groups attached to an aromatic ring is 1. The first-order valence-corrected chi connectivity index (χ1v) is 9.31. The number of nitriles is 2. The van der Waals surface area contributed by atoms with E-state index < -0.39 is 11.5 Å². The highest BCUT2D eigenvalue weighted by Crippen LogP contribution is 2.36. The molecular formula is C23H18N4O4. The Bertz CT molecular complexity index is 1310. The van der Waals surface area contributed by atoms with E-state index in [4.69, 9.17) is 15.2 Å². The molecule has 0 atom stereocenters. The second-order valence-corrected chi connectivity index (χ2v) is 6.57. The highest BCUT2D eigenvalue weighted by Gasteiger charge is 2.20. The van der Waals surface area contributed by atoms with Crippen molar-refractivity contribution in [1.29, 1.82) is 10.5 Å². The van der Waals surface area contributed by atoms with Gasteiger partial charge >= 0.3 is 5.97 Å². The molecule has 0 saturated carbocycles. The molecule has 0 aliphatic carbocycles. The van der Waals surface area contributed by atoms with E-state index in [2.05, 4.69) is 4.98 Å². The average molecular weight is 414 g/mol. The number of nitrogens with zero attached hydrogens (tertiary/aromatic N) is 2. The molecular weight excluding hydrogens is 396 g/mol. The zero-order chi connectivity index (χ0) is 22.5. The third-order valence-corrected chi connectivity index (χ3v) is 4.46. The van der Waals surface area contributed by atoms with Crippen LogP contribution < -0.4 is 20.8 Å². The number of hydrogen-bond acceptors (Lipinski definition) is 7. The molecule has 0 amide bonds. The Morgan fingerprint density at radius 2 is 1.84 bits per heavy atom. The predicted octanol–water partition coefficient (Wildman–Crippen LogP) is 3.29. The number of anilines is 1. The average Bonchev–Trinajstić information content (AvgIpc) is 2.74. The van der Waals surface area contributed by atoms with Gasteiger partial charge in [-0.2, -0.15) is 10.5 Å². The fraction of sp³-hybridized carbons (Fsp3) is 0.130. The van der Waals surface area contributed by atoms with Crippen molar-refractivity contribution >= 4 is 11.8 Å². The lowest BCUT2D eigenvalue weighted by molar-refractivity contribution is 0.0728. The maximum absolute atomic E-state index is 12.5. The molecule has 154 valence electrons. The first-order valence-electron chi connectivity index (χ1n) is 9.31. The third-order valence-electron chi connectivity index (χ3n) is 4.46. The Hall–Kier alpha value is -4.56. The molecule has 8 heteroatoms. The number of rotatable bonds is 5. The Morgan fingerprint density at radius 1 is 1.10 bits per heavy atom. The van der Waals surface area contributed by atoms with Crippen LogP contribution in [0.4, 0.5) is 5.82 Å². The highest BCUT2D eigenvalue weighted by atomic mass is 16.6. The van der Waals surface area contributed by atoms with Crippen molar-refractivity contribution in [3.63, 3.8) is 0 Å². The zero-order valence-corrected chi connectivity index (χ0v) is 16.9. The fourth-order valence-electron chi connectivity index (χ4n) is 3.08. The number of hydrogen-bond donors (Lipinski definition) is 2. The molecule has 0 saturated heterocycles. The summed E-state index contributed by atoms with van der Waals surface area (Å²) in [5.41, 5.74) is 6.51. The molecule has 31 heavy (non-hydrogen) atoms. The summed E-state index contributed by atoms with van der Waals surface area (Å²) in [4.78, 5) is 27.0. The van der Waals surface area contributed by atoms with Crippen molar-refractivity contribution in [2.24, 2.45) is 0 Å². The first-order chi connectivity index (χ1) is 14.9. The van der Waals surface area contributed by atoms with Gasteiger partial charge in [0.1, 0.15) is 29.1 Å². The molecule has 0 spiro atoms. The number of carbonyl (C=O) groups excluding carboxylic acids is 1. The summed E-state index contributed by atoms with van der Waals surface area (Å²) in [6, 6.07) is 15.2. The van der Waals surface area contributed by atoms with Crippen LogP contribution in [0.15, 0.2) is 47.3 Å². The largest absolute Gasteiger partial charge is 0.490 e. The Morgan fingerprint density at radius 3 is 2.48 bits per heavy atom. The van der Waals surface area contributed by atoms with E-state index in [-0.39, 0.29) is 40.6 Å². The highest BCUT2D eigenvalue weighted by molar-refractivity contribution is 5.92. The van der Waals surface area contributed by atoms with Gasteiger partial charge in [-0.3, -0.25) is 4.79 Å². The minimum atomic E-state index is -0.707. The maximum atomic E-state index is 12.5. The smallest absolute Gasteiger partial charge is 0.343 e. The molecule has 0 aliphatic heterocycles. The van der Waals surface area contributed by atoms with Crippen LogP contribution in [0.5, 0.6) is 11.5 Å². The van der Waals surface area contributed by atoms with Gasteiger partial charge in [0, 0.05) is 5.56 Å². The number of esters is 1. The van der Waals surface area contributed by atoms with Crippen LogP contribution in [0.1, 0.15) is 34.0 Å². The number of aryl methyl sites for hydroxylation is 1. The number of aromatic nitrogens is 1. The molecule has 1 aromatic heterocycles. The standard InChI is InChI=1S/C23H18N4O4/c1-3-30-19-10-14(20-16(11-24)21(26)27-22(28)17(20)12-25)7-8-18(19)31-23(29)15-6-4-5-13(2)9-15/h4-10H,3H2,1-2H3,(H3,26,27,28). The van der Waals surface area contributed by atoms with Crippen molar-refractivity contribution in [2.45, 2.75) is 13.8 Å². The molecule has 0 aliphatic rings. The van der Waals surface area contributed by atoms with Crippen molar-refractivity contribution < 1.29 is 14.3 Å². The van der Waals surface area contributed by atoms with Crippen LogP contribution in [0.3, 0.4) is 0 Å². The SMILES string of the molecule is CCOc1cc(-c2c(C#N)c(N)[nH]c(=O)c2C#N)ccc1OC(=O)c1cccc(C)c1. The van der Waals surface area contributed by atoms with Crippen LogP contribution in [0.2, 0.25) is 0 Å². The number of carbonyl (C=O) groups is 1. The lowest BCUT2D eigenvalue weighted by Gasteiger charge is -2.14. The van der Waals surface area contributed by atoms with Crippen molar-refractivity contribution in [2.75, 3.05) is 12.3 Å². The Labute approximate surface area is 178 Å². The van der Waals surface area contributed by atoms with E-state index in [9.17, 15) is 20.1 Å². The summed E-state index contributed by atoms with van der Waals surface area (Å²) < 4.78 is 11.1. The molecule has 3 aromatic rings. The second-order valence-electron chi connectivity index (χ2n) is 6.57. The number of pyridine rings is 1. The van der Waals surface area contributed by atoms with Gasteiger partial charge in [0.25, 0.3) is 5.56 Å². The monoisotopic (exact) mass is 414 g/mol. The molecule has 2 aromatic carbocycles. The summed E-state index contributed by atoms with van der Waals surface area (Å²) in [5.74, 6) is -0.331. The van der Waals surface area contributed by atoms with Crippen molar-refractivity contribution in [3.8, 4) is 34.8 Å². The number of H-pyrrole nitrogens is 1. The van der Waals surface area contributed by atoms with E-state index in [0.29, 0.717) is 11.1 Å². The van der Waals surface area contributed by atoms with Crippen LogP contribution in [0.25, 0.3) is 11.1 Å². The summed E-state index contributed by atoms with van der Waals surface area (Å²) in [7, 11) is 0. The van der Waals surface area contributed by atoms with Gasteiger partial charge in [0.15, 0.2) is 11.5 Å². The number of nitrogens with one attached hydrogen (secondary N) is 1. The number of nitrogens with two attached hydrogens (primary N) is 1. The van der Waals surface area contributed by atoms with Gasteiger partial charge < -0.3 is 20.2 Å². The first kappa shape index (κ1) is 21.2. The van der Waals surface area contributed by atoms with Crippen LogP contribution in [0, 0.1) is 29.6 Å². The Balaban J connectivity index is 2.10. The van der Waals surface area contributed by atoms with Gasteiger partial charge in [0.05, 0.1) is 12.2 Å². The minimum Gasteiger partial charge on any atom is -0.490 e. The topological polar surface area (TPSA) is 142 Å². The molecule has 0 fully saturated rings. The maximum Gasteiger partial charge on any atom is 0.343 e. The predicted molar refractivity (Wildman–Crippen MR) is 114 cm³/mol. The molecule has 0 radical (unpaired) electrons. The third kappa shape index (κ3) is 4.24. The van der Waals surface area contributed by atoms with Crippen LogP contribution in [-0.4, -0.2) is 17.6 Å². The summed E-state index contributed by atoms with van der Waals surface area (Å²) in [5, 5.41) is 18.9. The van der Waals surface area contributed by atoms with Crippen molar-refractivity contribution in [3.05, 3.63) is 75.1 Å². The normalized spacial score (nSPS) is 10.1. The molecule has 8 nitrogen and oxygen atoms in total. The summed E-state index contributed by atoms with van der Waals surface area (Å²) >= 11 is 0. The minimum absolute atomic E-state index is 0.0388. The van der Waals surface area contributed by atoms with Gasteiger partial charge in [0.2, 0.25) is 0 Å². The van der Waals surface area contributed by atoms with E-state index >= 15 is 0 Å². The van der Waals surface area contributed by atoms with E-state index in [1.807, 2.05) is 25.1 Å². The molecule has 0 bridgehead atoms. The number of ether oxygens (including phenoxy) is 2. The lowest BCUT2D eigenvalue weighted by atomic mass is 9.96. The quantitative estimate of drug-likeness (QED) is 0.482.